The van der Waals surface area contributed by atoms with Crippen LogP contribution in [0, 0.1) is 11.3 Å². The van der Waals surface area contributed by atoms with Gasteiger partial charge in [0.15, 0.2) is 28.8 Å². The van der Waals surface area contributed by atoms with Crippen molar-refractivity contribution < 1.29 is 89.6 Å². The second-order valence-corrected chi connectivity index (χ2v) is 39.9. The normalized spacial score (nSPS) is 11.8. The van der Waals surface area contributed by atoms with E-state index in [0.29, 0.717) is 90.0 Å². The summed E-state index contributed by atoms with van der Waals surface area (Å²) in [4.78, 5) is 38.3. The number of nitrogens with one attached hydrogen (secondary N) is 3. The molecule has 29 nitrogen and oxygen atoms in total. The maximum atomic E-state index is 14.0. The Kier molecular flexibility index (Phi) is 35.5. The molecule has 0 aliphatic carbocycles. The van der Waals surface area contributed by atoms with E-state index in [-0.39, 0.29) is 74.3 Å². The molecule has 3 N–H and O–H groups in total. The number of nitrogens with zero attached hydrogens (tertiary/aromatic N) is 6. The molecule has 11 aromatic rings. The van der Waals surface area contributed by atoms with Crippen molar-refractivity contribution in [1.82, 2.24) is 0 Å². The highest BCUT2D eigenvalue weighted by atomic mass is 79.9. The summed E-state index contributed by atoms with van der Waals surface area (Å²) in [5.74, 6) is 1.20. The number of amides is 2. The number of Topliss-reactive ketones (excluding diaryl/α,β-unsaturated/α-hetero) is 1. The van der Waals surface area contributed by atoms with Crippen molar-refractivity contribution in [2.75, 3.05) is 133 Å². The van der Waals surface area contributed by atoms with Crippen LogP contribution in [0.5, 0.6) is 40.2 Å². The van der Waals surface area contributed by atoms with Crippen LogP contribution in [0.4, 0.5) is 45.5 Å². The Morgan fingerprint density at radius 2 is 0.992 bits per heavy atom. The van der Waals surface area contributed by atoms with Crippen LogP contribution in [-0.2, 0) is 90.2 Å². The van der Waals surface area contributed by atoms with Gasteiger partial charge in [0.25, 0.3) is 30.1 Å². The van der Waals surface area contributed by atoms with Gasteiger partial charge in [0, 0.05) is 57.7 Å². The quantitative estimate of drug-likeness (QED) is 0.0337. The fraction of sp³-hybridized carbons (Fsp3) is 0.226. The molecular weight excluding hydrogens is 1870 g/mol. The summed E-state index contributed by atoms with van der Waals surface area (Å²) in [7, 11) is -7.77. The summed E-state index contributed by atoms with van der Waals surface area (Å²) in [6, 6.07) is 68.7. The Morgan fingerprint density at radius 1 is 0.462 bits per heavy atom. The van der Waals surface area contributed by atoms with Crippen LogP contribution in [-0.4, -0.2) is 155 Å². The van der Waals surface area contributed by atoms with Crippen molar-refractivity contribution in [2.45, 2.75) is 61.1 Å². The second kappa shape index (κ2) is 45.6. The Morgan fingerprint density at radius 3 is 1.58 bits per heavy atom. The van der Waals surface area contributed by atoms with Crippen molar-refractivity contribution in [3.63, 3.8) is 0 Å². The van der Waals surface area contributed by atoms with Gasteiger partial charge in [-0.1, -0.05) is 134 Å². The van der Waals surface area contributed by atoms with Crippen LogP contribution >= 0.6 is 39.1 Å². The first-order valence-electron chi connectivity index (χ1n) is 39.7. The predicted molar refractivity (Wildman–Crippen MR) is 514 cm³/mol. The number of fused-ring (bicyclic) bond motifs is 1. The molecule has 37 heteroatoms. The van der Waals surface area contributed by atoms with Gasteiger partial charge in [-0.3, -0.25) is 35.9 Å². The number of methoxy groups -OCH3 is 7. The van der Waals surface area contributed by atoms with E-state index in [0.717, 1.165) is 54.1 Å². The first-order chi connectivity index (χ1) is 61.8. The highest BCUT2D eigenvalue weighted by molar-refractivity contribution is 9.10. The summed E-state index contributed by atoms with van der Waals surface area (Å²) >= 11 is 15.9. The van der Waals surface area contributed by atoms with Gasteiger partial charge in [0.2, 0.25) is 31.9 Å². The fourth-order valence-electron chi connectivity index (χ4n) is 13.1. The lowest BCUT2D eigenvalue weighted by molar-refractivity contribution is -0.117. The van der Waals surface area contributed by atoms with Gasteiger partial charge in [-0.05, 0) is 197 Å². The average Bonchev–Trinajstić information content (AvgIpc) is 0.746. The van der Waals surface area contributed by atoms with E-state index in [1.165, 1.54) is 132 Å². The number of rotatable bonds is 34. The number of ether oxygens (including phenoxy) is 7. The molecule has 0 radical (unpaired) electrons. The molecule has 0 saturated heterocycles. The number of carbonyl (C=O) groups excluding carboxylic acids is 3. The number of hydrogen-bond donors (Lipinski definition) is 3. The van der Waals surface area contributed by atoms with E-state index in [9.17, 15) is 56.5 Å². The summed E-state index contributed by atoms with van der Waals surface area (Å²) < 4.78 is 174. The number of carbonyl (C=O) groups is 3. The molecule has 1 heterocycles. The summed E-state index contributed by atoms with van der Waals surface area (Å²) in [5.41, 5.74) is 9.28. The van der Waals surface area contributed by atoms with Crippen molar-refractivity contribution in [2.24, 2.45) is 0 Å². The third kappa shape index (κ3) is 25.9. The van der Waals surface area contributed by atoms with E-state index >= 15 is 0 Å². The lowest BCUT2D eigenvalue weighted by atomic mass is 9.99. The Balaban J connectivity index is 0.000000197. The average molecular weight is 1970 g/mol. The molecule has 12 rings (SSSR count). The zero-order chi connectivity index (χ0) is 95.0. The maximum absolute atomic E-state index is 14.0. The number of ketones is 1. The summed E-state index contributed by atoms with van der Waals surface area (Å²) in [6.07, 6.45) is 4.26. The number of para-hydroxylation sites is 3. The van der Waals surface area contributed by atoms with Gasteiger partial charge >= 0.3 is 0 Å². The molecule has 0 unspecified atom stereocenters. The van der Waals surface area contributed by atoms with Crippen LogP contribution in [0.25, 0.3) is 5.57 Å². The first-order valence-corrected chi connectivity index (χ1v) is 49.3. The van der Waals surface area contributed by atoms with Gasteiger partial charge in [-0.2, -0.15) is 5.26 Å². The molecule has 0 bridgehead atoms. The van der Waals surface area contributed by atoms with Gasteiger partial charge in [-0.15, -0.1) is 0 Å². The van der Waals surface area contributed by atoms with Crippen molar-refractivity contribution in [3.8, 4) is 46.3 Å². The molecule has 0 aromatic heterocycles. The van der Waals surface area contributed by atoms with Gasteiger partial charge in [0.05, 0.1) is 142 Å². The van der Waals surface area contributed by atoms with Gasteiger partial charge < -0.3 is 49.1 Å². The number of halogens is 3. The Labute approximate surface area is 778 Å². The molecule has 0 fully saturated rings. The largest absolute Gasteiger partial charge is 0.495 e. The molecule has 1 aliphatic heterocycles. The standard InChI is InChI=1S/C26H28ClN3O6S2.C25H27BrN2O6S.C23H20ClN3O4S.C19H23NO4S/c1-17-22-11-9-18(27)13-24(22)30(38(33,34)21-10-12-25(35-3)26(15-21)36-4)16-23(17)28-19-7-6-8-20(14-19)29(2)37(5,31)32;1-5-17-10-12-22(32-2)21(14-17)28(16-25(29)27-20-9-7-6-8-19(20)26)35(30,31)18-11-13-23(33-3)24(15-18)34-4;1-31-22-12-11-19(15-21(22)24)27(32(29,30)20-5-3-2-4-6-20)16-23(28)26-18-9-7-17(8-10-18)13-14-25;1-4-15-9-11-16(12-10-15)13-17(21)14-20(25(3,22)23)18-7-5-6-8-19(18)24-2/h6-15,28H,16H2,1-5H3;6-15H,5,16H2,1-4H3,(H,27,29);2-12,15H,13,16H2,1H3,(H,26,28);5-12H,4,13-14H2,1-3H3. The fourth-order valence-corrected chi connectivity index (χ4v) is 19.6. The molecule has 2 amide bonds. The van der Waals surface area contributed by atoms with Crippen LogP contribution < -0.4 is 70.6 Å². The lowest BCUT2D eigenvalue weighted by Gasteiger charge is -2.33. The van der Waals surface area contributed by atoms with E-state index in [1.54, 1.807) is 146 Å². The number of nitriles is 1. The monoisotopic (exact) mass is 1970 g/mol. The first kappa shape index (κ1) is 101. The van der Waals surface area contributed by atoms with Gasteiger partial charge in [-0.25, -0.2) is 42.1 Å². The minimum atomic E-state index is -4.22. The molecule has 686 valence electrons. The number of benzene rings is 11. The van der Waals surface area contributed by atoms with E-state index in [2.05, 4.69) is 44.9 Å². The highest BCUT2D eigenvalue weighted by Crippen LogP contribution is 2.43. The van der Waals surface area contributed by atoms with Crippen LogP contribution in [0.1, 0.15) is 48.6 Å². The van der Waals surface area contributed by atoms with E-state index < -0.39 is 75.0 Å². The molecule has 0 spiro atoms. The SMILES string of the molecule is CCc1ccc(CC(=O)CN(c2ccccc2OC)S(C)(=O)=O)cc1.CCc1ccc(OC)c(N(CC(=O)Nc2ccccc2Br)S(=O)(=O)c2ccc(OC)c(OC)c2)c1.COc1ccc(N(CC(=O)Nc2ccc(CC#N)cc2)S(=O)(=O)c2ccccc2)cc1Cl.COc1ccc(S(=O)(=O)N2CC(Nc3cccc(N(C)S(C)(=O)=O)c3)=C(C)c3ccc(Cl)cc32)cc1OC. The second-order valence-electron chi connectivity index (χ2n) is 28.7. The third-order valence-electron chi connectivity index (χ3n) is 20.1. The molecule has 0 atom stereocenters. The van der Waals surface area contributed by atoms with Crippen molar-refractivity contribution >= 4 is 158 Å². The van der Waals surface area contributed by atoms with Crippen LogP contribution in [0.15, 0.2) is 268 Å². The minimum Gasteiger partial charge on any atom is -0.495 e. The van der Waals surface area contributed by atoms with Crippen molar-refractivity contribution in [1.29, 1.82) is 5.26 Å². The molecule has 1 aliphatic rings. The van der Waals surface area contributed by atoms with Crippen LogP contribution in [0.3, 0.4) is 0 Å². The zero-order valence-corrected chi connectivity index (χ0v) is 80.5. The third-order valence-corrected chi connectivity index (χ3v) is 29.0. The minimum absolute atomic E-state index is 0.0119. The number of anilines is 8. The number of hydrogen-bond acceptors (Lipinski definition) is 22. The van der Waals surface area contributed by atoms with E-state index in [4.69, 9.17) is 61.6 Å². The summed E-state index contributed by atoms with van der Waals surface area (Å²) in [5, 5.41) is 18.1. The lowest BCUT2D eigenvalue weighted by Crippen LogP contribution is -2.38. The predicted octanol–water partition coefficient (Wildman–Crippen LogP) is 16.8. The number of allylic oxidation sites excluding steroid dienone is 1. The Bertz CT molecular complexity index is 6580. The zero-order valence-electron chi connectivity index (χ0n) is 73.3. The summed E-state index contributed by atoms with van der Waals surface area (Å²) in [6.45, 7) is 4.72. The number of sulfonamides is 5. The Hall–Kier alpha value is -12.5. The topological polar surface area (TPSA) is 363 Å². The molecule has 130 heavy (non-hydrogen) atoms. The van der Waals surface area contributed by atoms with Crippen molar-refractivity contribution in [3.05, 3.63) is 291 Å². The highest BCUT2D eigenvalue weighted by Gasteiger charge is 2.36. The maximum Gasteiger partial charge on any atom is 0.265 e. The molecule has 0 saturated carbocycles. The number of aryl methyl sites for hydroxylation is 2. The van der Waals surface area contributed by atoms with Gasteiger partial charge in [0.1, 0.15) is 30.3 Å². The smallest absolute Gasteiger partial charge is 0.265 e. The molecular formula is C93H98BrCl2N9O20S5. The molecule has 11 aromatic carbocycles. The van der Waals surface area contributed by atoms with Crippen LogP contribution in [0.2, 0.25) is 10.0 Å². The van der Waals surface area contributed by atoms with E-state index in [1.807, 2.05) is 50.2 Å².